The SMILES string of the molecule is C#CC1(O)C(O)[C@@H](n2ccc(N)nc2=O)O[C@H]1COP(=O)(O)OC1C[C@H](n2cc(F)c(=O)[nH]c2=O)O[C@@H]1CO. The topological polar surface area (TPSA) is 251 Å². The molecule has 4 heterocycles. The minimum absolute atomic E-state index is 0.121. The van der Waals surface area contributed by atoms with Gasteiger partial charge in [0.05, 0.1) is 19.4 Å². The standard InChI is InChI=1S/C20H23FN5O12P/c1-2-20(32)12(37-17(15(20)28)25-4-3-13(22)23-18(25)30)8-35-39(33,34)38-10-5-14(36-11(10)7-27)26-6-9(21)16(29)24-19(26)31/h1,3-4,6,10-12,14-15,17,27-28,32H,5,7-8H2,(H,33,34)(H2,22,23,30)(H,24,29,31)/t10?,11-,12+,14-,15?,17+,20?/m1/s1. The second-order valence-electron chi connectivity index (χ2n) is 8.57. The number of aromatic nitrogens is 4. The van der Waals surface area contributed by atoms with E-state index in [0.29, 0.717) is 10.8 Å². The lowest BCUT2D eigenvalue weighted by Gasteiger charge is -2.26. The molecular formula is C20H23FN5O12P. The highest BCUT2D eigenvalue weighted by molar-refractivity contribution is 7.47. The van der Waals surface area contributed by atoms with E-state index in [1.165, 1.54) is 6.07 Å². The molecule has 2 aromatic heterocycles. The maximum absolute atomic E-state index is 13.7. The lowest BCUT2D eigenvalue weighted by atomic mass is 9.93. The Morgan fingerprint density at radius 3 is 2.72 bits per heavy atom. The fourth-order valence-corrected chi connectivity index (χ4v) is 5.07. The minimum Gasteiger partial charge on any atom is -0.394 e. The normalized spacial score (nSPS) is 32.1. The fourth-order valence-electron chi connectivity index (χ4n) is 4.12. The summed E-state index contributed by atoms with van der Waals surface area (Å²) in [6.45, 7) is -1.67. The molecule has 19 heteroatoms. The van der Waals surface area contributed by atoms with Gasteiger partial charge in [0.25, 0.3) is 5.56 Å². The number of aromatic amines is 1. The Labute approximate surface area is 216 Å². The Hall–Kier alpha value is -3.24. The Balaban J connectivity index is 1.46. The van der Waals surface area contributed by atoms with Crippen molar-refractivity contribution < 1.29 is 47.7 Å². The molecule has 0 aliphatic carbocycles. The minimum atomic E-state index is -5.04. The highest BCUT2D eigenvalue weighted by Crippen LogP contribution is 2.49. The molecule has 2 aliphatic rings. The predicted octanol–water partition coefficient (Wildman–Crippen LogP) is -3.08. The summed E-state index contributed by atoms with van der Waals surface area (Å²) in [5.41, 5.74) is -0.297. The molecule has 4 rings (SSSR count). The van der Waals surface area contributed by atoms with E-state index in [1.54, 1.807) is 4.98 Å². The number of nitrogens with two attached hydrogens (primary N) is 1. The van der Waals surface area contributed by atoms with Gasteiger partial charge in [-0.05, 0) is 6.07 Å². The van der Waals surface area contributed by atoms with Gasteiger partial charge in [-0.2, -0.15) is 9.37 Å². The zero-order valence-corrected chi connectivity index (χ0v) is 20.6. The first-order valence-electron chi connectivity index (χ1n) is 11.1. The highest BCUT2D eigenvalue weighted by atomic mass is 31.2. The summed E-state index contributed by atoms with van der Waals surface area (Å²) in [5, 5.41) is 31.0. The van der Waals surface area contributed by atoms with Crippen molar-refractivity contribution in [1.82, 2.24) is 19.1 Å². The summed E-state index contributed by atoms with van der Waals surface area (Å²) in [6.07, 6.45) is -2.36. The van der Waals surface area contributed by atoms with Crippen LogP contribution in [-0.2, 0) is 23.1 Å². The van der Waals surface area contributed by atoms with Crippen molar-refractivity contribution in [2.75, 3.05) is 18.9 Å². The van der Waals surface area contributed by atoms with E-state index in [-0.39, 0.29) is 12.2 Å². The third-order valence-corrected chi connectivity index (χ3v) is 7.14. The number of H-pyrrole nitrogens is 1. The summed E-state index contributed by atoms with van der Waals surface area (Å²) >= 11 is 0. The number of anilines is 1. The maximum atomic E-state index is 13.7. The second-order valence-corrected chi connectivity index (χ2v) is 9.98. The number of phosphoric ester groups is 1. The van der Waals surface area contributed by atoms with Crippen LogP contribution in [0.2, 0.25) is 0 Å². The molecule has 2 aliphatic heterocycles. The number of rotatable bonds is 8. The van der Waals surface area contributed by atoms with Crippen molar-refractivity contribution in [3.8, 4) is 12.3 Å². The molecule has 0 spiro atoms. The summed E-state index contributed by atoms with van der Waals surface area (Å²) in [6, 6.07) is 1.22. The van der Waals surface area contributed by atoms with Crippen LogP contribution in [0.4, 0.5) is 10.2 Å². The van der Waals surface area contributed by atoms with E-state index >= 15 is 0 Å². The Morgan fingerprint density at radius 2 is 2.08 bits per heavy atom. The maximum Gasteiger partial charge on any atom is 0.472 e. The first-order chi connectivity index (χ1) is 18.3. The van der Waals surface area contributed by atoms with Crippen molar-refractivity contribution in [2.24, 2.45) is 0 Å². The second kappa shape index (κ2) is 10.7. The number of nitrogens with zero attached hydrogens (tertiary/aromatic N) is 3. The molecule has 0 amide bonds. The molecule has 39 heavy (non-hydrogen) atoms. The molecule has 2 saturated heterocycles. The van der Waals surface area contributed by atoms with Crippen molar-refractivity contribution in [3.63, 3.8) is 0 Å². The average molecular weight is 575 g/mol. The number of halogens is 1. The molecule has 8 atom stereocenters. The van der Waals surface area contributed by atoms with Crippen LogP contribution in [0.5, 0.6) is 0 Å². The van der Waals surface area contributed by atoms with Crippen LogP contribution in [-0.4, -0.2) is 82.5 Å². The van der Waals surface area contributed by atoms with Crippen molar-refractivity contribution in [3.05, 3.63) is 55.6 Å². The van der Waals surface area contributed by atoms with Gasteiger partial charge < -0.3 is 35.4 Å². The molecular weight excluding hydrogens is 552 g/mol. The molecule has 7 N–H and O–H groups in total. The zero-order chi connectivity index (χ0) is 28.7. The summed E-state index contributed by atoms with van der Waals surface area (Å²) in [5.74, 6) is 0.503. The van der Waals surface area contributed by atoms with Crippen LogP contribution in [0.15, 0.2) is 32.8 Å². The van der Waals surface area contributed by atoms with E-state index < -0.39 is 86.3 Å². The van der Waals surface area contributed by atoms with Crippen LogP contribution >= 0.6 is 7.82 Å². The zero-order valence-electron chi connectivity index (χ0n) is 19.7. The smallest absolute Gasteiger partial charge is 0.394 e. The lowest BCUT2D eigenvalue weighted by molar-refractivity contribution is -0.0681. The van der Waals surface area contributed by atoms with Gasteiger partial charge in [0.2, 0.25) is 5.82 Å². The van der Waals surface area contributed by atoms with E-state index in [9.17, 15) is 43.6 Å². The molecule has 0 bridgehead atoms. The number of nitrogen functional groups attached to an aromatic ring is 1. The van der Waals surface area contributed by atoms with Crippen LogP contribution in [0, 0.1) is 18.2 Å². The third kappa shape index (κ3) is 5.58. The monoisotopic (exact) mass is 575 g/mol. The summed E-state index contributed by atoms with van der Waals surface area (Å²) < 4.78 is 48.7. The van der Waals surface area contributed by atoms with Gasteiger partial charge in [-0.15, -0.1) is 6.42 Å². The van der Waals surface area contributed by atoms with Gasteiger partial charge in [-0.3, -0.25) is 28.0 Å². The molecule has 0 radical (unpaired) electrons. The number of ether oxygens (including phenoxy) is 2. The van der Waals surface area contributed by atoms with Gasteiger partial charge in [0.15, 0.2) is 11.8 Å². The third-order valence-electron chi connectivity index (χ3n) is 6.13. The highest BCUT2D eigenvalue weighted by Gasteiger charge is 2.56. The van der Waals surface area contributed by atoms with Gasteiger partial charge >= 0.3 is 19.2 Å². The molecule has 17 nitrogen and oxygen atoms in total. The molecule has 0 aromatic carbocycles. The molecule has 0 saturated carbocycles. The first kappa shape index (κ1) is 28.8. The van der Waals surface area contributed by atoms with E-state index in [1.807, 2.05) is 5.92 Å². The van der Waals surface area contributed by atoms with Crippen molar-refractivity contribution in [1.29, 1.82) is 0 Å². The van der Waals surface area contributed by atoms with E-state index in [0.717, 1.165) is 10.8 Å². The average Bonchev–Trinajstić information content (AvgIpc) is 3.38. The summed E-state index contributed by atoms with van der Waals surface area (Å²) in [4.78, 5) is 50.9. The van der Waals surface area contributed by atoms with Crippen LogP contribution in [0.25, 0.3) is 0 Å². The number of aliphatic hydroxyl groups is 3. The molecule has 212 valence electrons. The van der Waals surface area contributed by atoms with Gasteiger partial charge in [0, 0.05) is 12.6 Å². The van der Waals surface area contributed by atoms with Crippen LogP contribution < -0.4 is 22.7 Å². The number of nitrogens with one attached hydrogen (secondary N) is 1. The van der Waals surface area contributed by atoms with Crippen LogP contribution in [0.1, 0.15) is 18.9 Å². The fraction of sp³-hybridized carbons (Fsp3) is 0.500. The number of hydrogen-bond acceptors (Lipinski definition) is 13. The number of aliphatic hydroxyl groups excluding tert-OH is 2. The van der Waals surface area contributed by atoms with Crippen molar-refractivity contribution in [2.45, 2.75) is 48.9 Å². The first-order valence-corrected chi connectivity index (χ1v) is 12.6. The van der Waals surface area contributed by atoms with Gasteiger partial charge in [-0.1, -0.05) is 5.92 Å². The largest absolute Gasteiger partial charge is 0.472 e. The molecule has 2 fully saturated rings. The quantitative estimate of drug-likeness (QED) is 0.135. The Morgan fingerprint density at radius 1 is 1.36 bits per heavy atom. The van der Waals surface area contributed by atoms with Gasteiger partial charge in [-0.25, -0.2) is 14.2 Å². The van der Waals surface area contributed by atoms with Crippen molar-refractivity contribution >= 4 is 13.6 Å². The number of terminal acetylenes is 1. The summed E-state index contributed by atoms with van der Waals surface area (Å²) in [7, 11) is -5.04. The lowest BCUT2D eigenvalue weighted by Crippen LogP contribution is -2.48. The van der Waals surface area contributed by atoms with E-state index in [4.69, 9.17) is 30.7 Å². The molecule has 4 unspecified atom stereocenters. The predicted molar refractivity (Wildman–Crippen MR) is 124 cm³/mol. The van der Waals surface area contributed by atoms with E-state index in [2.05, 4.69) is 4.98 Å². The number of phosphoric acid groups is 1. The van der Waals surface area contributed by atoms with Gasteiger partial charge in [0.1, 0.15) is 36.5 Å². The Bertz CT molecular complexity index is 1510. The Kier molecular flexibility index (Phi) is 7.91. The molecule has 2 aromatic rings. The number of hydrogen-bond donors (Lipinski definition) is 6. The van der Waals surface area contributed by atoms with Crippen LogP contribution in [0.3, 0.4) is 0 Å².